The van der Waals surface area contributed by atoms with E-state index in [2.05, 4.69) is 35.3 Å². The third-order valence-corrected chi connectivity index (χ3v) is 3.40. The molecule has 0 aliphatic carbocycles. The highest BCUT2D eigenvalue weighted by molar-refractivity contribution is 5.68. The number of hydrogen-bond acceptors (Lipinski definition) is 3. The molecule has 0 aliphatic heterocycles. The Kier molecular flexibility index (Phi) is 7.62. The quantitative estimate of drug-likeness (QED) is 0.743. The van der Waals surface area contributed by atoms with Crippen molar-refractivity contribution in [2.24, 2.45) is 0 Å². The second-order valence-electron chi connectivity index (χ2n) is 7.20. The van der Waals surface area contributed by atoms with Gasteiger partial charge < -0.3 is 19.5 Å². The minimum Gasteiger partial charge on any atom is -0.444 e. The van der Waals surface area contributed by atoms with Crippen molar-refractivity contribution in [3.63, 3.8) is 0 Å². The van der Waals surface area contributed by atoms with Crippen LogP contribution in [-0.2, 0) is 17.8 Å². The molecule has 1 aromatic heterocycles. The first kappa shape index (κ1) is 19.6. The molecule has 0 radical (unpaired) electrons. The molecular weight excluding hydrogens is 290 g/mol. The van der Waals surface area contributed by atoms with E-state index in [-0.39, 0.29) is 12.1 Å². The van der Waals surface area contributed by atoms with Crippen molar-refractivity contribution in [2.75, 3.05) is 13.1 Å². The number of nitrogens with one attached hydrogen (secondary N) is 1. The first-order chi connectivity index (χ1) is 10.7. The maximum atomic E-state index is 12.2. The predicted octanol–water partition coefficient (Wildman–Crippen LogP) is 3.63. The predicted molar refractivity (Wildman–Crippen MR) is 94.5 cm³/mol. The number of aromatic nitrogens is 1. The molecule has 0 saturated heterocycles. The number of carbonyl (C=O) groups excluding carboxylic acids is 1. The molecular formula is C18H33N3O2. The number of hydrogen-bond donors (Lipinski definition) is 1. The van der Waals surface area contributed by atoms with Crippen LogP contribution in [0.5, 0.6) is 0 Å². The van der Waals surface area contributed by atoms with Gasteiger partial charge in [-0.1, -0.05) is 6.92 Å². The lowest BCUT2D eigenvalue weighted by molar-refractivity contribution is 0.0193. The van der Waals surface area contributed by atoms with Crippen molar-refractivity contribution >= 4 is 6.09 Å². The summed E-state index contributed by atoms with van der Waals surface area (Å²) in [5.41, 5.74) is 0.812. The Hall–Kier alpha value is -1.49. The molecule has 5 nitrogen and oxygen atoms in total. The van der Waals surface area contributed by atoms with Gasteiger partial charge in [-0.15, -0.1) is 0 Å². The van der Waals surface area contributed by atoms with E-state index in [1.54, 1.807) is 4.90 Å². The molecule has 1 aromatic rings. The fourth-order valence-corrected chi connectivity index (χ4v) is 2.31. The fourth-order valence-electron chi connectivity index (χ4n) is 2.31. The third-order valence-electron chi connectivity index (χ3n) is 3.40. The van der Waals surface area contributed by atoms with Crippen molar-refractivity contribution in [1.82, 2.24) is 14.8 Å². The molecule has 0 aromatic carbocycles. The van der Waals surface area contributed by atoms with E-state index in [1.165, 1.54) is 5.56 Å². The number of rotatable bonds is 8. The highest BCUT2D eigenvalue weighted by atomic mass is 16.6. The number of aryl methyl sites for hydroxylation is 1. The fraction of sp³-hybridized carbons (Fsp3) is 0.722. The molecule has 0 bridgehead atoms. The molecule has 1 rings (SSSR count). The smallest absolute Gasteiger partial charge is 0.410 e. The third kappa shape index (κ3) is 7.55. The van der Waals surface area contributed by atoms with E-state index in [0.29, 0.717) is 6.54 Å². The maximum absolute atomic E-state index is 12.2. The van der Waals surface area contributed by atoms with Gasteiger partial charge in [0.1, 0.15) is 5.60 Å². The Bertz CT molecular complexity index is 475. The van der Waals surface area contributed by atoms with Gasteiger partial charge in [0.05, 0.1) is 0 Å². The molecule has 0 spiro atoms. The van der Waals surface area contributed by atoms with Crippen LogP contribution in [0.15, 0.2) is 18.5 Å². The van der Waals surface area contributed by atoms with Crippen LogP contribution >= 0.6 is 0 Å². The van der Waals surface area contributed by atoms with Crippen LogP contribution in [0, 0.1) is 0 Å². The van der Waals surface area contributed by atoms with Gasteiger partial charge in [-0.2, -0.15) is 0 Å². The van der Waals surface area contributed by atoms with Crippen molar-refractivity contribution in [3.05, 3.63) is 24.0 Å². The average Bonchev–Trinajstić information content (AvgIpc) is 2.84. The number of amides is 1. The van der Waals surface area contributed by atoms with Crippen molar-refractivity contribution in [1.29, 1.82) is 0 Å². The topological polar surface area (TPSA) is 46.5 Å². The van der Waals surface area contributed by atoms with Crippen LogP contribution in [-0.4, -0.2) is 40.3 Å². The van der Waals surface area contributed by atoms with Crippen LogP contribution in [0.3, 0.4) is 0 Å². The normalized spacial score (nSPS) is 11.8. The van der Waals surface area contributed by atoms with Crippen molar-refractivity contribution < 1.29 is 9.53 Å². The lowest BCUT2D eigenvalue weighted by Crippen LogP contribution is -2.44. The molecule has 0 unspecified atom stereocenters. The van der Waals surface area contributed by atoms with Gasteiger partial charge in [0.15, 0.2) is 0 Å². The van der Waals surface area contributed by atoms with Crippen LogP contribution in [0.2, 0.25) is 0 Å². The largest absolute Gasteiger partial charge is 0.444 e. The zero-order valence-corrected chi connectivity index (χ0v) is 15.6. The van der Waals surface area contributed by atoms with Crippen LogP contribution in [0.25, 0.3) is 0 Å². The average molecular weight is 323 g/mol. The zero-order chi connectivity index (χ0) is 17.5. The Morgan fingerprint density at radius 3 is 2.65 bits per heavy atom. The Labute approximate surface area is 141 Å². The minimum absolute atomic E-state index is 0.122. The van der Waals surface area contributed by atoms with E-state index in [4.69, 9.17) is 4.74 Å². The van der Waals surface area contributed by atoms with Crippen molar-refractivity contribution in [2.45, 2.75) is 72.7 Å². The van der Waals surface area contributed by atoms with Crippen LogP contribution in [0.1, 0.15) is 53.5 Å². The van der Waals surface area contributed by atoms with E-state index in [9.17, 15) is 4.79 Å². The first-order valence-corrected chi connectivity index (χ1v) is 8.58. The molecule has 1 amide bonds. The second kappa shape index (κ2) is 8.96. The maximum Gasteiger partial charge on any atom is 0.410 e. The molecule has 1 heterocycles. The summed E-state index contributed by atoms with van der Waals surface area (Å²) < 4.78 is 7.67. The number of ether oxygens (including phenoxy) is 1. The van der Waals surface area contributed by atoms with Crippen molar-refractivity contribution in [3.8, 4) is 0 Å². The minimum atomic E-state index is -0.458. The number of nitrogens with zero attached hydrogens (tertiary/aromatic N) is 2. The van der Waals surface area contributed by atoms with E-state index in [1.807, 2.05) is 34.6 Å². The standard InChI is InChI=1S/C18H33N3O2/c1-7-10-20-11-8-16(14-20)13-19-9-12-21(15(2)3)17(22)23-18(4,5)6/h8,11,14-15,19H,7,9-10,12-13H2,1-6H3. The summed E-state index contributed by atoms with van der Waals surface area (Å²) in [4.78, 5) is 14.0. The monoisotopic (exact) mass is 323 g/mol. The zero-order valence-electron chi connectivity index (χ0n) is 15.6. The molecule has 0 atom stereocenters. The van der Waals surface area contributed by atoms with E-state index in [0.717, 1.165) is 26.1 Å². The van der Waals surface area contributed by atoms with Gasteiger partial charge in [0.2, 0.25) is 0 Å². The molecule has 23 heavy (non-hydrogen) atoms. The summed E-state index contributed by atoms with van der Waals surface area (Å²) in [5.74, 6) is 0. The van der Waals surface area contributed by atoms with Gasteiger partial charge in [0, 0.05) is 44.6 Å². The molecule has 132 valence electrons. The molecule has 5 heteroatoms. The summed E-state index contributed by atoms with van der Waals surface area (Å²) in [7, 11) is 0. The number of carbonyl (C=O) groups is 1. The summed E-state index contributed by atoms with van der Waals surface area (Å²) in [6.45, 7) is 15.1. The highest BCUT2D eigenvalue weighted by Gasteiger charge is 2.23. The van der Waals surface area contributed by atoms with E-state index >= 15 is 0 Å². The van der Waals surface area contributed by atoms with Crippen LogP contribution < -0.4 is 5.32 Å². The molecule has 0 fully saturated rings. The first-order valence-electron chi connectivity index (χ1n) is 8.58. The summed E-state index contributed by atoms with van der Waals surface area (Å²) >= 11 is 0. The summed E-state index contributed by atoms with van der Waals surface area (Å²) in [6.07, 6.45) is 5.18. The lowest BCUT2D eigenvalue weighted by Gasteiger charge is -2.30. The SMILES string of the molecule is CCCn1ccc(CNCCN(C(=O)OC(C)(C)C)C(C)C)c1. The lowest BCUT2D eigenvalue weighted by atomic mass is 10.2. The Morgan fingerprint density at radius 1 is 1.39 bits per heavy atom. The Balaban J connectivity index is 2.39. The summed E-state index contributed by atoms with van der Waals surface area (Å²) in [5, 5.41) is 3.40. The van der Waals surface area contributed by atoms with Gasteiger partial charge in [-0.3, -0.25) is 0 Å². The second-order valence-corrected chi connectivity index (χ2v) is 7.20. The molecule has 1 N–H and O–H groups in total. The Morgan fingerprint density at radius 2 is 2.09 bits per heavy atom. The van der Waals surface area contributed by atoms with Gasteiger partial charge in [0.25, 0.3) is 0 Å². The van der Waals surface area contributed by atoms with Crippen LogP contribution in [0.4, 0.5) is 4.79 Å². The highest BCUT2D eigenvalue weighted by Crippen LogP contribution is 2.11. The van der Waals surface area contributed by atoms with Gasteiger partial charge in [-0.25, -0.2) is 4.79 Å². The summed E-state index contributed by atoms with van der Waals surface area (Å²) in [6, 6.07) is 2.26. The van der Waals surface area contributed by atoms with Gasteiger partial charge in [-0.05, 0) is 52.7 Å². The molecule has 0 aliphatic rings. The van der Waals surface area contributed by atoms with E-state index < -0.39 is 5.60 Å². The van der Waals surface area contributed by atoms with Gasteiger partial charge >= 0.3 is 6.09 Å². The molecule has 0 saturated carbocycles.